The van der Waals surface area contributed by atoms with Crippen molar-refractivity contribution in [2.45, 2.75) is 167 Å². The first kappa shape index (κ1) is 44.8. The summed E-state index contributed by atoms with van der Waals surface area (Å²) in [7, 11) is 5.49. The van der Waals surface area contributed by atoms with Gasteiger partial charge in [-0.2, -0.15) is 0 Å². The average molecular weight is 667 g/mol. The molecular formula is C39H72NO7+. The normalized spacial score (nSPS) is 13.3. The summed E-state index contributed by atoms with van der Waals surface area (Å²) >= 11 is 0. The molecule has 0 saturated heterocycles. The Bertz CT molecular complexity index is 834. The fraction of sp³-hybridized carbons (Fsp3) is 0.821. The Labute approximate surface area is 288 Å². The van der Waals surface area contributed by atoms with Crippen LogP contribution in [0.3, 0.4) is 0 Å². The second-order valence-corrected chi connectivity index (χ2v) is 13.8. The summed E-state index contributed by atoms with van der Waals surface area (Å²) in [5, 5.41) is 9.55. The zero-order valence-corrected chi connectivity index (χ0v) is 31.0. The Morgan fingerprint density at radius 1 is 0.660 bits per heavy atom. The Kier molecular flexibility index (Phi) is 29.7. The Balaban J connectivity index is 4.31. The molecule has 0 aliphatic heterocycles. The van der Waals surface area contributed by atoms with Gasteiger partial charge in [0, 0.05) is 19.3 Å². The van der Waals surface area contributed by atoms with Crippen LogP contribution in [0.25, 0.3) is 0 Å². The fourth-order valence-electron chi connectivity index (χ4n) is 5.45. The smallest absolute Gasteiger partial charge is 0.362 e. The molecule has 0 rings (SSSR count). The molecule has 0 amide bonds. The van der Waals surface area contributed by atoms with Gasteiger partial charge in [-0.05, 0) is 25.7 Å². The number of carboxylic acid groups (broad SMARTS) is 1. The van der Waals surface area contributed by atoms with Crippen molar-refractivity contribution in [3.8, 4) is 0 Å². The standard InChI is InChI=1S/C39H71NO7/c1-6-8-10-12-14-15-16-17-18-19-20-21-22-24-25-27-29-37(41)46-34-35(33-45-32-31-36(39(43)44)40(3,4)5)47-38(42)30-28-26-23-13-11-9-7-2/h9,11,23,26,35-36H,6-8,10,12-22,24-25,27-34H2,1-5H3/p+1/b11-9+,26-23+. The lowest BCUT2D eigenvalue weighted by atomic mass is 10.0. The molecule has 0 aliphatic rings. The zero-order chi connectivity index (χ0) is 35.0. The summed E-state index contributed by atoms with van der Waals surface area (Å²) in [4.78, 5) is 36.6. The Hall–Kier alpha value is -2.19. The van der Waals surface area contributed by atoms with E-state index in [4.69, 9.17) is 14.2 Å². The maximum atomic E-state index is 12.5. The van der Waals surface area contributed by atoms with Gasteiger partial charge in [-0.1, -0.05) is 134 Å². The number of nitrogens with zero attached hydrogens (tertiary/aromatic N) is 1. The molecule has 0 aromatic heterocycles. The van der Waals surface area contributed by atoms with Gasteiger partial charge in [-0.25, -0.2) is 4.79 Å². The Morgan fingerprint density at radius 2 is 1.19 bits per heavy atom. The molecule has 0 radical (unpaired) electrons. The highest BCUT2D eigenvalue weighted by molar-refractivity contribution is 5.72. The predicted octanol–water partition coefficient (Wildman–Crippen LogP) is 9.35. The van der Waals surface area contributed by atoms with Crippen molar-refractivity contribution in [3.05, 3.63) is 24.3 Å². The van der Waals surface area contributed by atoms with Gasteiger partial charge in [-0.15, -0.1) is 0 Å². The van der Waals surface area contributed by atoms with Gasteiger partial charge < -0.3 is 23.8 Å². The van der Waals surface area contributed by atoms with Crippen LogP contribution in [0.1, 0.15) is 155 Å². The molecule has 0 aromatic rings. The molecule has 1 N–H and O–H groups in total. The maximum Gasteiger partial charge on any atom is 0.362 e. The first-order valence-electron chi connectivity index (χ1n) is 18.9. The highest BCUT2D eigenvalue weighted by Gasteiger charge is 2.31. The van der Waals surface area contributed by atoms with Crippen LogP contribution < -0.4 is 0 Å². The lowest BCUT2D eigenvalue weighted by molar-refractivity contribution is -0.887. The summed E-state index contributed by atoms with van der Waals surface area (Å²) in [5.41, 5.74) is 0. The van der Waals surface area contributed by atoms with Gasteiger partial charge in [0.2, 0.25) is 0 Å². The number of hydrogen-bond donors (Lipinski definition) is 1. The van der Waals surface area contributed by atoms with Gasteiger partial charge in [0.15, 0.2) is 12.1 Å². The largest absolute Gasteiger partial charge is 0.477 e. The number of rotatable bonds is 33. The van der Waals surface area contributed by atoms with E-state index in [1.165, 1.54) is 83.5 Å². The number of carbonyl (C=O) groups is 3. The van der Waals surface area contributed by atoms with Crippen LogP contribution in [-0.4, -0.2) is 80.6 Å². The second kappa shape index (κ2) is 31.1. The second-order valence-electron chi connectivity index (χ2n) is 13.8. The molecule has 0 saturated carbocycles. The molecule has 0 heterocycles. The molecule has 8 heteroatoms. The van der Waals surface area contributed by atoms with Crippen molar-refractivity contribution in [2.75, 3.05) is 41.0 Å². The van der Waals surface area contributed by atoms with E-state index in [0.29, 0.717) is 19.3 Å². The van der Waals surface area contributed by atoms with E-state index < -0.39 is 18.1 Å². The number of carbonyl (C=O) groups excluding carboxylic acids is 2. The van der Waals surface area contributed by atoms with Crippen LogP contribution in [0.4, 0.5) is 0 Å². The van der Waals surface area contributed by atoms with Crippen LogP contribution in [-0.2, 0) is 28.6 Å². The fourth-order valence-corrected chi connectivity index (χ4v) is 5.45. The quantitative estimate of drug-likeness (QED) is 0.0322. The molecule has 2 atom stereocenters. The highest BCUT2D eigenvalue weighted by Crippen LogP contribution is 2.15. The van der Waals surface area contributed by atoms with Crippen molar-refractivity contribution in [1.29, 1.82) is 0 Å². The molecule has 274 valence electrons. The number of aliphatic carboxylic acids is 1. The topological polar surface area (TPSA) is 99.1 Å². The number of esters is 2. The first-order valence-corrected chi connectivity index (χ1v) is 18.9. The summed E-state index contributed by atoms with van der Waals surface area (Å²) in [5.74, 6) is -1.56. The van der Waals surface area contributed by atoms with Crippen molar-refractivity contribution in [2.24, 2.45) is 0 Å². The number of likely N-dealkylation sites (N-methyl/N-ethyl adjacent to an activating group) is 1. The van der Waals surface area contributed by atoms with E-state index in [1.807, 2.05) is 33.3 Å². The molecule has 8 nitrogen and oxygen atoms in total. The molecule has 47 heavy (non-hydrogen) atoms. The predicted molar refractivity (Wildman–Crippen MR) is 192 cm³/mol. The minimum Gasteiger partial charge on any atom is -0.477 e. The van der Waals surface area contributed by atoms with Crippen LogP contribution in [0.5, 0.6) is 0 Å². The lowest BCUT2D eigenvalue weighted by Gasteiger charge is -2.31. The maximum absolute atomic E-state index is 12.5. The summed E-state index contributed by atoms with van der Waals surface area (Å²) in [6.07, 6.45) is 31.2. The van der Waals surface area contributed by atoms with E-state index in [-0.39, 0.29) is 42.7 Å². The number of quaternary nitrogens is 1. The van der Waals surface area contributed by atoms with Gasteiger partial charge >= 0.3 is 17.9 Å². The van der Waals surface area contributed by atoms with Crippen molar-refractivity contribution < 1.29 is 38.2 Å². The highest BCUT2D eigenvalue weighted by atomic mass is 16.6. The third kappa shape index (κ3) is 29.7. The van der Waals surface area contributed by atoms with Gasteiger partial charge in [-0.3, -0.25) is 9.59 Å². The molecule has 0 aliphatic carbocycles. The van der Waals surface area contributed by atoms with E-state index in [9.17, 15) is 19.5 Å². The molecule has 0 aromatic carbocycles. The minimum absolute atomic E-state index is 0.0409. The van der Waals surface area contributed by atoms with Crippen LogP contribution >= 0.6 is 0 Å². The lowest BCUT2D eigenvalue weighted by Crippen LogP contribution is -2.50. The van der Waals surface area contributed by atoms with Crippen molar-refractivity contribution in [3.63, 3.8) is 0 Å². The number of carboxylic acids is 1. The number of ether oxygens (including phenoxy) is 3. The van der Waals surface area contributed by atoms with E-state index in [0.717, 1.165) is 32.1 Å². The van der Waals surface area contributed by atoms with Gasteiger partial charge in [0.1, 0.15) is 6.61 Å². The van der Waals surface area contributed by atoms with Gasteiger partial charge in [0.25, 0.3) is 0 Å². The van der Waals surface area contributed by atoms with Crippen LogP contribution in [0, 0.1) is 0 Å². The molecule has 0 spiro atoms. The van der Waals surface area contributed by atoms with Crippen LogP contribution in [0.2, 0.25) is 0 Å². The van der Waals surface area contributed by atoms with Crippen molar-refractivity contribution in [1.82, 2.24) is 0 Å². The average Bonchev–Trinajstić information content (AvgIpc) is 3.01. The van der Waals surface area contributed by atoms with E-state index in [1.54, 1.807) is 0 Å². The minimum atomic E-state index is -0.884. The molecular weight excluding hydrogens is 594 g/mol. The van der Waals surface area contributed by atoms with E-state index in [2.05, 4.69) is 26.0 Å². The molecule has 0 bridgehead atoms. The number of allylic oxidation sites excluding steroid dienone is 4. The summed E-state index contributed by atoms with van der Waals surface area (Å²) in [6.45, 7) is 4.52. The zero-order valence-electron chi connectivity index (χ0n) is 31.0. The SMILES string of the molecule is CC/C=C/C/C=C/CCC(=O)OC(COCCC(C(=O)O)[N+](C)(C)C)COC(=O)CCCCCCCCCCCCCCCCCC. The monoisotopic (exact) mass is 667 g/mol. The first-order chi connectivity index (χ1) is 22.6. The molecule has 2 unspecified atom stereocenters. The summed E-state index contributed by atoms with van der Waals surface area (Å²) in [6, 6.07) is -0.618. The number of unbranched alkanes of at least 4 members (excludes halogenated alkanes) is 15. The third-order valence-electron chi connectivity index (χ3n) is 8.38. The van der Waals surface area contributed by atoms with Gasteiger partial charge in [0.05, 0.1) is 34.4 Å². The van der Waals surface area contributed by atoms with E-state index >= 15 is 0 Å². The summed E-state index contributed by atoms with van der Waals surface area (Å²) < 4.78 is 17.0. The molecule has 0 fully saturated rings. The number of hydrogen-bond acceptors (Lipinski definition) is 6. The van der Waals surface area contributed by atoms with Crippen LogP contribution in [0.15, 0.2) is 24.3 Å². The third-order valence-corrected chi connectivity index (χ3v) is 8.38. The van der Waals surface area contributed by atoms with Crippen molar-refractivity contribution >= 4 is 17.9 Å². The Morgan fingerprint density at radius 3 is 1.70 bits per heavy atom.